The molecule has 0 aliphatic heterocycles. The van der Waals surface area contributed by atoms with Gasteiger partial charge in [0.25, 0.3) is 0 Å². The lowest BCUT2D eigenvalue weighted by molar-refractivity contribution is 0.958. The maximum Gasteiger partial charge on any atom is -0.0236 e. The topological polar surface area (TPSA) is 0 Å². The van der Waals surface area contributed by atoms with Gasteiger partial charge in [0.05, 0.1) is 0 Å². The summed E-state index contributed by atoms with van der Waals surface area (Å²) >= 11 is 0. The highest BCUT2D eigenvalue weighted by Crippen LogP contribution is 2.12. The van der Waals surface area contributed by atoms with E-state index < -0.39 is 0 Å². The number of aryl methyl sites for hydroxylation is 2. The van der Waals surface area contributed by atoms with Gasteiger partial charge in [-0.1, -0.05) is 49.1 Å². The molecule has 0 aliphatic rings. The summed E-state index contributed by atoms with van der Waals surface area (Å²) in [5.74, 6) is 0. The van der Waals surface area contributed by atoms with Gasteiger partial charge in [-0.25, -0.2) is 0 Å². The SMILES string of the molecule is C=CC(=C)CCc1ccccc1C. The molecule has 1 aromatic rings. The van der Waals surface area contributed by atoms with E-state index in [9.17, 15) is 0 Å². The molecule has 0 nitrogen and oxygen atoms in total. The van der Waals surface area contributed by atoms with Crippen LogP contribution in [-0.2, 0) is 6.42 Å². The Labute approximate surface area is 80.6 Å². The normalized spacial score (nSPS) is 9.62. The third kappa shape index (κ3) is 2.90. The Morgan fingerprint density at radius 3 is 2.69 bits per heavy atom. The third-order valence-corrected chi connectivity index (χ3v) is 2.27. The van der Waals surface area contributed by atoms with Crippen LogP contribution in [0.3, 0.4) is 0 Å². The van der Waals surface area contributed by atoms with Crippen molar-refractivity contribution in [2.75, 3.05) is 0 Å². The van der Waals surface area contributed by atoms with Crippen molar-refractivity contribution in [3.8, 4) is 0 Å². The van der Waals surface area contributed by atoms with Gasteiger partial charge in [-0.15, -0.1) is 0 Å². The zero-order valence-corrected chi connectivity index (χ0v) is 8.22. The molecule has 0 unspecified atom stereocenters. The average molecular weight is 172 g/mol. The second kappa shape index (κ2) is 4.66. The van der Waals surface area contributed by atoms with E-state index in [0.29, 0.717) is 0 Å². The lowest BCUT2D eigenvalue weighted by Gasteiger charge is -2.04. The van der Waals surface area contributed by atoms with Crippen LogP contribution in [0.2, 0.25) is 0 Å². The lowest BCUT2D eigenvalue weighted by Crippen LogP contribution is -1.89. The van der Waals surface area contributed by atoms with Crippen LogP contribution in [0.5, 0.6) is 0 Å². The molecule has 0 spiro atoms. The van der Waals surface area contributed by atoms with Crippen LogP contribution in [0, 0.1) is 6.92 Å². The van der Waals surface area contributed by atoms with E-state index in [4.69, 9.17) is 0 Å². The Kier molecular flexibility index (Phi) is 3.51. The summed E-state index contributed by atoms with van der Waals surface area (Å²) in [5, 5.41) is 0. The van der Waals surface area contributed by atoms with E-state index in [1.807, 2.05) is 6.08 Å². The molecule has 0 aliphatic carbocycles. The first-order chi connectivity index (χ1) is 6.24. The fraction of sp³-hybridized carbons (Fsp3) is 0.231. The molecule has 0 amide bonds. The van der Waals surface area contributed by atoms with Crippen LogP contribution in [-0.4, -0.2) is 0 Å². The molecule has 0 saturated carbocycles. The largest absolute Gasteiger partial charge is 0.0988 e. The molecule has 0 heterocycles. The second-order valence-corrected chi connectivity index (χ2v) is 3.29. The molecule has 0 bridgehead atoms. The maximum absolute atomic E-state index is 3.90. The molecule has 13 heavy (non-hydrogen) atoms. The predicted octanol–water partition coefficient (Wildman–Crippen LogP) is 3.67. The monoisotopic (exact) mass is 172 g/mol. The van der Waals surface area contributed by atoms with Crippen LogP contribution in [0.15, 0.2) is 49.1 Å². The van der Waals surface area contributed by atoms with Gasteiger partial charge in [0, 0.05) is 0 Å². The summed E-state index contributed by atoms with van der Waals surface area (Å²) < 4.78 is 0. The zero-order chi connectivity index (χ0) is 9.68. The molecular formula is C13H16. The number of hydrogen-bond donors (Lipinski definition) is 0. The molecule has 1 rings (SSSR count). The summed E-state index contributed by atoms with van der Waals surface area (Å²) in [6.07, 6.45) is 3.91. The Balaban J connectivity index is 2.59. The highest BCUT2D eigenvalue weighted by Gasteiger charge is 1.96. The van der Waals surface area contributed by atoms with Gasteiger partial charge < -0.3 is 0 Å². The first-order valence-corrected chi connectivity index (χ1v) is 4.58. The highest BCUT2D eigenvalue weighted by molar-refractivity contribution is 5.27. The average Bonchev–Trinajstić information content (AvgIpc) is 2.16. The van der Waals surface area contributed by atoms with Crippen molar-refractivity contribution in [3.05, 3.63) is 60.2 Å². The Morgan fingerprint density at radius 2 is 2.08 bits per heavy atom. The first kappa shape index (κ1) is 9.79. The van der Waals surface area contributed by atoms with Crippen molar-refractivity contribution in [3.63, 3.8) is 0 Å². The van der Waals surface area contributed by atoms with Gasteiger partial charge in [-0.3, -0.25) is 0 Å². The van der Waals surface area contributed by atoms with Crippen molar-refractivity contribution >= 4 is 0 Å². The molecule has 1 aromatic carbocycles. The molecule has 68 valence electrons. The first-order valence-electron chi connectivity index (χ1n) is 4.58. The summed E-state index contributed by atoms with van der Waals surface area (Å²) in [5.41, 5.74) is 3.88. The van der Waals surface area contributed by atoms with Crippen LogP contribution >= 0.6 is 0 Å². The van der Waals surface area contributed by atoms with Crippen LogP contribution in [0.1, 0.15) is 17.5 Å². The predicted molar refractivity (Wildman–Crippen MR) is 58.8 cm³/mol. The van der Waals surface area contributed by atoms with Crippen LogP contribution in [0.25, 0.3) is 0 Å². The molecular weight excluding hydrogens is 156 g/mol. The number of benzene rings is 1. The standard InChI is InChI=1S/C13H16/c1-4-11(2)9-10-13-8-6-5-7-12(13)3/h4-8H,1-2,9-10H2,3H3. The summed E-state index contributed by atoms with van der Waals surface area (Å²) in [6.45, 7) is 9.74. The quantitative estimate of drug-likeness (QED) is 0.608. The van der Waals surface area contributed by atoms with Crippen molar-refractivity contribution in [2.45, 2.75) is 19.8 Å². The Hall–Kier alpha value is -1.30. The van der Waals surface area contributed by atoms with E-state index in [2.05, 4.69) is 44.3 Å². The Morgan fingerprint density at radius 1 is 1.38 bits per heavy atom. The van der Waals surface area contributed by atoms with Crippen molar-refractivity contribution in [2.24, 2.45) is 0 Å². The number of rotatable bonds is 4. The van der Waals surface area contributed by atoms with Crippen LogP contribution in [0.4, 0.5) is 0 Å². The van der Waals surface area contributed by atoms with Crippen molar-refractivity contribution < 1.29 is 0 Å². The minimum atomic E-state index is 1.01. The van der Waals surface area contributed by atoms with Gasteiger partial charge in [-0.2, -0.15) is 0 Å². The van der Waals surface area contributed by atoms with E-state index in [0.717, 1.165) is 18.4 Å². The van der Waals surface area contributed by atoms with E-state index in [1.54, 1.807) is 0 Å². The molecule has 0 atom stereocenters. The molecule has 0 saturated heterocycles. The van der Waals surface area contributed by atoms with Gasteiger partial charge >= 0.3 is 0 Å². The fourth-order valence-electron chi connectivity index (χ4n) is 1.29. The van der Waals surface area contributed by atoms with Crippen LogP contribution < -0.4 is 0 Å². The van der Waals surface area contributed by atoms with Gasteiger partial charge in [-0.05, 0) is 30.9 Å². The molecule has 0 N–H and O–H groups in total. The van der Waals surface area contributed by atoms with Gasteiger partial charge in [0.15, 0.2) is 0 Å². The molecule has 0 radical (unpaired) electrons. The minimum absolute atomic E-state index is 1.01. The Bertz CT molecular complexity index is 308. The maximum atomic E-state index is 3.90. The van der Waals surface area contributed by atoms with Crippen molar-refractivity contribution in [1.82, 2.24) is 0 Å². The van der Waals surface area contributed by atoms with Gasteiger partial charge in [0.2, 0.25) is 0 Å². The number of allylic oxidation sites excluding steroid dienone is 2. The summed E-state index contributed by atoms with van der Waals surface area (Å²) in [7, 11) is 0. The number of hydrogen-bond acceptors (Lipinski definition) is 0. The fourth-order valence-corrected chi connectivity index (χ4v) is 1.29. The summed E-state index contributed by atoms with van der Waals surface area (Å²) in [4.78, 5) is 0. The molecule has 0 fully saturated rings. The van der Waals surface area contributed by atoms with E-state index in [1.165, 1.54) is 11.1 Å². The third-order valence-electron chi connectivity index (χ3n) is 2.27. The zero-order valence-electron chi connectivity index (χ0n) is 8.22. The summed E-state index contributed by atoms with van der Waals surface area (Å²) in [6, 6.07) is 8.47. The lowest BCUT2D eigenvalue weighted by atomic mass is 10.0. The minimum Gasteiger partial charge on any atom is -0.0988 e. The second-order valence-electron chi connectivity index (χ2n) is 3.29. The van der Waals surface area contributed by atoms with Crippen molar-refractivity contribution in [1.29, 1.82) is 0 Å². The van der Waals surface area contributed by atoms with E-state index in [-0.39, 0.29) is 0 Å². The smallest absolute Gasteiger partial charge is 0.0236 e. The highest BCUT2D eigenvalue weighted by atomic mass is 14.0. The molecule has 0 heteroatoms. The van der Waals surface area contributed by atoms with E-state index >= 15 is 0 Å². The van der Waals surface area contributed by atoms with Gasteiger partial charge in [0.1, 0.15) is 0 Å². The molecule has 0 aromatic heterocycles.